The quantitative estimate of drug-likeness (QED) is 0.587. The van der Waals surface area contributed by atoms with Crippen LogP contribution in [0, 0.1) is 25.2 Å². The van der Waals surface area contributed by atoms with Crippen LogP contribution in [0.2, 0.25) is 0 Å². The molecule has 2 N–H and O–H groups in total. The van der Waals surface area contributed by atoms with Gasteiger partial charge < -0.3 is 10.1 Å². The summed E-state index contributed by atoms with van der Waals surface area (Å²) in [6.07, 6.45) is 3.78. The van der Waals surface area contributed by atoms with E-state index in [9.17, 15) is 14.9 Å². The van der Waals surface area contributed by atoms with Crippen LogP contribution >= 0.6 is 0 Å². The van der Waals surface area contributed by atoms with Crippen LogP contribution < -0.4 is 10.9 Å². The number of carbonyl (C=O) groups is 1. The van der Waals surface area contributed by atoms with Crippen LogP contribution in [0.5, 0.6) is 0 Å². The molecular formula is C22H23N5O3. The molecule has 0 fully saturated rings. The first-order valence-corrected chi connectivity index (χ1v) is 9.52. The normalized spacial score (nSPS) is 10.6. The second-order valence-corrected chi connectivity index (χ2v) is 6.93. The number of aryl methyl sites for hydroxylation is 2. The molecule has 3 aromatic rings. The molecule has 0 unspecified atom stereocenters. The molecule has 0 aliphatic heterocycles. The van der Waals surface area contributed by atoms with Crippen LogP contribution in [0.1, 0.15) is 33.5 Å². The lowest BCUT2D eigenvalue weighted by Crippen LogP contribution is -2.25. The third-order valence-electron chi connectivity index (χ3n) is 4.80. The van der Waals surface area contributed by atoms with Gasteiger partial charge in [0.2, 0.25) is 0 Å². The zero-order valence-electron chi connectivity index (χ0n) is 17.2. The lowest BCUT2D eigenvalue weighted by Gasteiger charge is -2.07. The van der Waals surface area contributed by atoms with Crippen LogP contribution in [0.25, 0.3) is 16.9 Å². The van der Waals surface area contributed by atoms with Crippen molar-refractivity contribution in [2.24, 2.45) is 0 Å². The third kappa shape index (κ3) is 4.31. The molecule has 0 atom stereocenters. The van der Waals surface area contributed by atoms with Crippen molar-refractivity contribution in [1.82, 2.24) is 20.1 Å². The molecule has 0 aliphatic rings. The van der Waals surface area contributed by atoms with Crippen molar-refractivity contribution in [3.63, 3.8) is 0 Å². The zero-order chi connectivity index (χ0) is 21.7. The Morgan fingerprint density at radius 1 is 1.27 bits per heavy atom. The van der Waals surface area contributed by atoms with Gasteiger partial charge in [-0.05, 0) is 61.2 Å². The first-order valence-electron chi connectivity index (χ1n) is 9.52. The number of hydrogen-bond acceptors (Lipinski definition) is 5. The Kier molecular flexibility index (Phi) is 6.45. The molecule has 2 aromatic heterocycles. The second kappa shape index (κ2) is 9.20. The molecule has 8 heteroatoms. The number of hydrogen-bond donors (Lipinski definition) is 2. The van der Waals surface area contributed by atoms with Gasteiger partial charge in [0, 0.05) is 32.7 Å². The van der Waals surface area contributed by atoms with Crippen molar-refractivity contribution < 1.29 is 9.53 Å². The summed E-state index contributed by atoms with van der Waals surface area (Å²) in [4.78, 5) is 29.3. The average molecular weight is 405 g/mol. The summed E-state index contributed by atoms with van der Waals surface area (Å²) < 4.78 is 6.27. The van der Waals surface area contributed by atoms with E-state index in [0.29, 0.717) is 35.7 Å². The summed E-state index contributed by atoms with van der Waals surface area (Å²) in [7, 11) is 1.61. The average Bonchev–Trinajstić information content (AvgIpc) is 3.13. The Morgan fingerprint density at radius 3 is 2.73 bits per heavy atom. The van der Waals surface area contributed by atoms with E-state index < -0.39 is 0 Å². The fourth-order valence-electron chi connectivity index (χ4n) is 3.13. The van der Waals surface area contributed by atoms with Gasteiger partial charge in [-0.1, -0.05) is 0 Å². The summed E-state index contributed by atoms with van der Waals surface area (Å²) >= 11 is 0. The number of pyridine rings is 1. The van der Waals surface area contributed by atoms with E-state index in [4.69, 9.17) is 4.74 Å². The first-order chi connectivity index (χ1) is 14.5. The fraction of sp³-hybridized carbons (Fsp3) is 0.273. The number of H-pyrrole nitrogens is 1. The van der Waals surface area contributed by atoms with E-state index in [1.807, 2.05) is 19.9 Å². The molecular weight excluding hydrogens is 382 g/mol. The Labute approximate surface area is 174 Å². The van der Waals surface area contributed by atoms with Crippen LogP contribution in [-0.4, -0.2) is 40.9 Å². The monoisotopic (exact) mass is 405 g/mol. The number of aromatic nitrogens is 3. The van der Waals surface area contributed by atoms with E-state index >= 15 is 0 Å². The topological polar surface area (TPSA) is 113 Å². The number of nitrogens with one attached hydrogen (secondary N) is 2. The molecule has 0 spiro atoms. The van der Waals surface area contributed by atoms with Gasteiger partial charge in [-0.3, -0.25) is 14.7 Å². The predicted octanol–water partition coefficient (Wildman–Crippen LogP) is 2.48. The second-order valence-electron chi connectivity index (χ2n) is 6.93. The molecule has 30 heavy (non-hydrogen) atoms. The van der Waals surface area contributed by atoms with E-state index in [1.54, 1.807) is 31.5 Å². The lowest BCUT2D eigenvalue weighted by molar-refractivity contribution is 0.0948. The summed E-state index contributed by atoms with van der Waals surface area (Å²) in [6.45, 7) is 4.79. The summed E-state index contributed by atoms with van der Waals surface area (Å²) in [6, 6.07) is 9.01. The number of carbonyl (C=O) groups excluding carboxylic acids is 1. The zero-order valence-corrected chi connectivity index (χ0v) is 17.2. The van der Waals surface area contributed by atoms with Crippen molar-refractivity contribution in [1.29, 1.82) is 5.26 Å². The van der Waals surface area contributed by atoms with Gasteiger partial charge in [0.05, 0.1) is 22.8 Å². The molecule has 1 amide bonds. The Hall–Kier alpha value is -3.70. The molecule has 1 aromatic carbocycles. The van der Waals surface area contributed by atoms with Crippen LogP contribution in [0.4, 0.5) is 0 Å². The van der Waals surface area contributed by atoms with Gasteiger partial charge in [0.1, 0.15) is 0 Å². The molecule has 0 saturated carbocycles. The number of amides is 1. The van der Waals surface area contributed by atoms with E-state index in [0.717, 1.165) is 23.1 Å². The highest BCUT2D eigenvalue weighted by molar-refractivity contribution is 5.93. The van der Waals surface area contributed by atoms with E-state index in [1.165, 1.54) is 10.9 Å². The molecule has 8 nitrogen and oxygen atoms in total. The molecule has 0 aliphatic carbocycles. The van der Waals surface area contributed by atoms with Gasteiger partial charge in [-0.25, -0.2) is 9.67 Å². The maximum atomic E-state index is 12.9. The van der Waals surface area contributed by atoms with Crippen molar-refractivity contribution >= 4 is 5.91 Å². The van der Waals surface area contributed by atoms with Crippen molar-refractivity contribution in [2.75, 3.05) is 20.3 Å². The van der Waals surface area contributed by atoms with Crippen molar-refractivity contribution in [2.45, 2.75) is 20.3 Å². The SMILES string of the molecule is COCCCNC(=O)c1ccc(-n2[nH]cc(-c3cc(C)c(C#N)cc3C)c2=O)nc1. The molecule has 154 valence electrons. The minimum Gasteiger partial charge on any atom is -0.385 e. The molecule has 0 saturated heterocycles. The van der Waals surface area contributed by atoms with Gasteiger partial charge >= 0.3 is 0 Å². The number of nitrogens with zero attached hydrogens (tertiary/aromatic N) is 3. The highest BCUT2D eigenvalue weighted by Gasteiger charge is 2.15. The van der Waals surface area contributed by atoms with Crippen LogP contribution in [0.15, 0.2) is 41.5 Å². The van der Waals surface area contributed by atoms with Crippen molar-refractivity contribution in [3.8, 4) is 23.0 Å². The number of rotatable bonds is 7. The van der Waals surface area contributed by atoms with Gasteiger partial charge in [-0.2, -0.15) is 5.26 Å². The number of ether oxygens (including phenoxy) is 1. The molecule has 2 heterocycles. The highest BCUT2D eigenvalue weighted by Crippen LogP contribution is 2.24. The molecule has 0 bridgehead atoms. The van der Waals surface area contributed by atoms with Gasteiger partial charge in [0.25, 0.3) is 11.5 Å². The van der Waals surface area contributed by atoms with E-state index in [-0.39, 0.29) is 11.5 Å². The van der Waals surface area contributed by atoms with Crippen LogP contribution in [0.3, 0.4) is 0 Å². The number of nitriles is 1. The Balaban J connectivity index is 1.83. The Bertz CT molecular complexity index is 1150. The predicted molar refractivity (Wildman–Crippen MR) is 113 cm³/mol. The minimum absolute atomic E-state index is 0.228. The largest absolute Gasteiger partial charge is 0.385 e. The number of methoxy groups -OCH3 is 1. The fourth-order valence-corrected chi connectivity index (χ4v) is 3.13. The molecule has 3 rings (SSSR count). The first kappa shape index (κ1) is 21.0. The minimum atomic E-state index is -0.258. The highest BCUT2D eigenvalue weighted by atomic mass is 16.5. The summed E-state index contributed by atoms with van der Waals surface area (Å²) in [5.74, 6) is 0.151. The van der Waals surface area contributed by atoms with Gasteiger partial charge in [-0.15, -0.1) is 0 Å². The lowest BCUT2D eigenvalue weighted by atomic mass is 9.97. The van der Waals surface area contributed by atoms with E-state index in [2.05, 4.69) is 21.5 Å². The maximum absolute atomic E-state index is 12.9. The number of aromatic amines is 1. The third-order valence-corrected chi connectivity index (χ3v) is 4.80. The smallest absolute Gasteiger partial charge is 0.280 e. The number of benzene rings is 1. The maximum Gasteiger partial charge on any atom is 0.280 e. The van der Waals surface area contributed by atoms with Crippen LogP contribution in [-0.2, 0) is 4.74 Å². The standard InChI is InChI=1S/C22H23N5O3/c1-14-10-18(15(2)9-17(14)11-23)19-13-26-27(22(19)29)20-6-5-16(12-25-20)21(28)24-7-4-8-30-3/h5-6,9-10,12-13,26H,4,7-8H2,1-3H3,(H,24,28). The Morgan fingerprint density at radius 2 is 2.07 bits per heavy atom. The summed E-state index contributed by atoms with van der Waals surface area (Å²) in [5.41, 5.74) is 3.64. The van der Waals surface area contributed by atoms with Crippen molar-refractivity contribution in [3.05, 3.63) is 69.3 Å². The molecule has 0 radical (unpaired) electrons. The van der Waals surface area contributed by atoms with Gasteiger partial charge in [0.15, 0.2) is 5.82 Å². The summed E-state index contributed by atoms with van der Waals surface area (Å²) in [5, 5.41) is 14.9.